The summed E-state index contributed by atoms with van der Waals surface area (Å²) in [4.78, 5) is 10.6. The summed E-state index contributed by atoms with van der Waals surface area (Å²) >= 11 is 0. The number of para-hydroxylation sites is 1. The van der Waals surface area contributed by atoms with Gasteiger partial charge in [-0.05, 0) is 18.6 Å². The second-order valence-corrected chi connectivity index (χ2v) is 5.95. The number of nitrogens with one attached hydrogen (secondary N) is 1. The summed E-state index contributed by atoms with van der Waals surface area (Å²) in [5, 5.41) is 13.6. The van der Waals surface area contributed by atoms with Crippen molar-refractivity contribution in [3.63, 3.8) is 0 Å². The van der Waals surface area contributed by atoms with Crippen LogP contribution in [0.5, 0.6) is 5.75 Å². The number of nitrogens with zero attached hydrogens (tertiary/aromatic N) is 3. The molecule has 0 amide bonds. The van der Waals surface area contributed by atoms with Gasteiger partial charge in [-0.2, -0.15) is 0 Å². The summed E-state index contributed by atoms with van der Waals surface area (Å²) in [5.41, 5.74) is 0.235. The maximum atomic E-state index is 10.7. The van der Waals surface area contributed by atoms with Gasteiger partial charge in [0.25, 0.3) is 0 Å². The van der Waals surface area contributed by atoms with Gasteiger partial charge in [0.15, 0.2) is 0 Å². The van der Waals surface area contributed by atoms with Crippen molar-refractivity contribution in [3.8, 4) is 5.75 Å². The SMILES string of the molecule is CNc1ncc(CN2CC[C@](O)(COc3ccccc3)C2)cn1. The standard InChI is InChI=1S/C17H22N4O2/c1-18-16-19-9-14(10-20-16)11-21-8-7-17(22,12-21)13-23-15-5-3-2-4-6-15/h2-6,9-10,22H,7-8,11-13H2,1H3,(H,18,19,20)/t17-/m1/s1. The number of benzene rings is 1. The average Bonchev–Trinajstić information content (AvgIpc) is 2.96. The van der Waals surface area contributed by atoms with E-state index < -0.39 is 5.60 Å². The van der Waals surface area contributed by atoms with Gasteiger partial charge in [-0.3, -0.25) is 4.90 Å². The van der Waals surface area contributed by atoms with E-state index in [0.29, 0.717) is 25.5 Å². The quantitative estimate of drug-likeness (QED) is 0.843. The van der Waals surface area contributed by atoms with E-state index in [0.717, 1.165) is 24.4 Å². The van der Waals surface area contributed by atoms with Crippen LogP contribution in [0.25, 0.3) is 0 Å². The van der Waals surface area contributed by atoms with E-state index in [1.165, 1.54) is 0 Å². The Morgan fingerprint density at radius 1 is 1.26 bits per heavy atom. The highest BCUT2D eigenvalue weighted by Crippen LogP contribution is 2.24. The summed E-state index contributed by atoms with van der Waals surface area (Å²) < 4.78 is 5.71. The molecule has 2 heterocycles. The van der Waals surface area contributed by atoms with Crippen molar-refractivity contribution in [2.75, 3.05) is 32.1 Å². The maximum absolute atomic E-state index is 10.7. The molecule has 23 heavy (non-hydrogen) atoms. The van der Waals surface area contributed by atoms with Gasteiger partial charge < -0.3 is 15.2 Å². The molecule has 122 valence electrons. The van der Waals surface area contributed by atoms with Crippen LogP contribution >= 0.6 is 0 Å². The Morgan fingerprint density at radius 2 is 2.00 bits per heavy atom. The first kappa shape index (κ1) is 15.7. The molecule has 0 saturated carbocycles. The lowest BCUT2D eigenvalue weighted by atomic mass is 10.1. The fourth-order valence-corrected chi connectivity index (χ4v) is 2.75. The van der Waals surface area contributed by atoms with Crippen molar-refractivity contribution in [1.29, 1.82) is 0 Å². The molecule has 0 unspecified atom stereocenters. The molecule has 0 aliphatic carbocycles. The van der Waals surface area contributed by atoms with Crippen LogP contribution in [0, 0.1) is 0 Å². The van der Waals surface area contributed by atoms with E-state index in [4.69, 9.17) is 4.74 Å². The van der Waals surface area contributed by atoms with Crippen LogP contribution < -0.4 is 10.1 Å². The molecule has 3 rings (SSSR count). The number of ether oxygens (including phenoxy) is 1. The predicted molar refractivity (Wildman–Crippen MR) is 88.4 cm³/mol. The van der Waals surface area contributed by atoms with Crippen LogP contribution in [0.4, 0.5) is 5.95 Å². The molecule has 1 aromatic heterocycles. The molecule has 6 nitrogen and oxygen atoms in total. The van der Waals surface area contributed by atoms with Gasteiger partial charge in [0, 0.05) is 44.6 Å². The first-order chi connectivity index (χ1) is 11.2. The number of anilines is 1. The zero-order chi connectivity index (χ0) is 16.1. The van der Waals surface area contributed by atoms with Gasteiger partial charge >= 0.3 is 0 Å². The minimum absolute atomic E-state index is 0.308. The van der Waals surface area contributed by atoms with E-state index in [2.05, 4.69) is 20.2 Å². The van der Waals surface area contributed by atoms with E-state index in [1.54, 1.807) is 7.05 Å². The molecular formula is C17H22N4O2. The molecule has 0 bridgehead atoms. The first-order valence-electron chi connectivity index (χ1n) is 7.78. The van der Waals surface area contributed by atoms with Crippen LogP contribution in [-0.2, 0) is 6.54 Å². The number of likely N-dealkylation sites (tertiary alicyclic amines) is 1. The summed E-state index contributed by atoms with van der Waals surface area (Å²) in [6.45, 7) is 2.47. The number of aliphatic hydroxyl groups is 1. The molecule has 1 saturated heterocycles. The fourth-order valence-electron chi connectivity index (χ4n) is 2.75. The summed E-state index contributed by atoms with van der Waals surface area (Å²) in [6, 6.07) is 9.60. The van der Waals surface area contributed by atoms with Crippen molar-refractivity contribution in [1.82, 2.24) is 14.9 Å². The Balaban J connectivity index is 1.52. The largest absolute Gasteiger partial charge is 0.491 e. The lowest BCUT2D eigenvalue weighted by molar-refractivity contribution is 0.00337. The van der Waals surface area contributed by atoms with Crippen molar-refractivity contribution >= 4 is 5.95 Å². The van der Waals surface area contributed by atoms with E-state index in [1.807, 2.05) is 42.7 Å². The highest BCUT2D eigenvalue weighted by molar-refractivity contribution is 5.23. The highest BCUT2D eigenvalue weighted by atomic mass is 16.5. The molecule has 0 spiro atoms. The number of hydrogen-bond acceptors (Lipinski definition) is 6. The van der Waals surface area contributed by atoms with Crippen molar-refractivity contribution < 1.29 is 9.84 Å². The molecule has 1 aromatic carbocycles. The molecule has 2 aromatic rings. The minimum Gasteiger partial charge on any atom is -0.491 e. The molecule has 2 N–H and O–H groups in total. The average molecular weight is 314 g/mol. The molecule has 1 aliphatic heterocycles. The molecule has 1 fully saturated rings. The van der Waals surface area contributed by atoms with Crippen molar-refractivity contribution in [2.24, 2.45) is 0 Å². The number of hydrogen-bond donors (Lipinski definition) is 2. The van der Waals surface area contributed by atoms with Gasteiger partial charge in [-0.15, -0.1) is 0 Å². The number of β-amino-alcohol motifs (C(OH)–C–C–N with tert-alkyl or cyclic N) is 1. The first-order valence-corrected chi connectivity index (χ1v) is 7.78. The van der Waals surface area contributed by atoms with E-state index in [-0.39, 0.29) is 0 Å². The van der Waals surface area contributed by atoms with Crippen LogP contribution in [0.3, 0.4) is 0 Å². The normalized spacial score (nSPS) is 21.3. The Kier molecular flexibility index (Phi) is 4.73. The second-order valence-electron chi connectivity index (χ2n) is 5.95. The van der Waals surface area contributed by atoms with Gasteiger partial charge in [0.2, 0.25) is 5.95 Å². The third-order valence-electron chi connectivity index (χ3n) is 4.00. The Labute approximate surface area is 136 Å². The molecule has 6 heteroatoms. The Hall–Kier alpha value is -2.18. The number of rotatable bonds is 6. The Morgan fingerprint density at radius 3 is 2.70 bits per heavy atom. The summed E-state index contributed by atoms with van der Waals surface area (Å²) in [7, 11) is 1.79. The van der Waals surface area contributed by atoms with Gasteiger partial charge in [0.05, 0.1) is 0 Å². The zero-order valence-corrected chi connectivity index (χ0v) is 13.3. The maximum Gasteiger partial charge on any atom is 0.222 e. The lowest BCUT2D eigenvalue weighted by Crippen LogP contribution is -2.39. The molecule has 1 atom stereocenters. The number of aromatic nitrogens is 2. The van der Waals surface area contributed by atoms with Crippen LogP contribution in [0.1, 0.15) is 12.0 Å². The van der Waals surface area contributed by atoms with E-state index in [9.17, 15) is 5.11 Å². The third kappa shape index (κ3) is 4.18. The highest BCUT2D eigenvalue weighted by Gasteiger charge is 2.36. The summed E-state index contributed by atoms with van der Waals surface area (Å²) in [5.74, 6) is 1.40. The predicted octanol–water partition coefficient (Wildman–Crippen LogP) is 1.53. The van der Waals surface area contributed by atoms with Crippen LogP contribution in [-0.4, -0.2) is 52.3 Å². The Bertz CT molecular complexity index is 620. The third-order valence-corrected chi connectivity index (χ3v) is 4.00. The van der Waals surface area contributed by atoms with Crippen molar-refractivity contribution in [2.45, 2.75) is 18.6 Å². The second kappa shape index (κ2) is 6.93. The van der Waals surface area contributed by atoms with E-state index >= 15 is 0 Å². The smallest absolute Gasteiger partial charge is 0.222 e. The summed E-state index contributed by atoms with van der Waals surface area (Å²) in [6.07, 6.45) is 4.34. The lowest BCUT2D eigenvalue weighted by Gasteiger charge is -2.23. The van der Waals surface area contributed by atoms with Gasteiger partial charge in [-0.1, -0.05) is 18.2 Å². The monoisotopic (exact) mass is 314 g/mol. The fraction of sp³-hybridized carbons (Fsp3) is 0.412. The minimum atomic E-state index is -0.804. The van der Waals surface area contributed by atoms with Gasteiger partial charge in [0.1, 0.15) is 18.0 Å². The molecule has 1 aliphatic rings. The zero-order valence-electron chi connectivity index (χ0n) is 13.3. The molecule has 0 radical (unpaired) electrons. The van der Waals surface area contributed by atoms with Crippen LogP contribution in [0.2, 0.25) is 0 Å². The molecular weight excluding hydrogens is 292 g/mol. The topological polar surface area (TPSA) is 70.5 Å². The van der Waals surface area contributed by atoms with Crippen molar-refractivity contribution in [3.05, 3.63) is 48.3 Å². The van der Waals surface area contributed by atoms with Gasteiger partial charge in [-0.25, -0.2) is 9.97 Å². The van der Waals surface area contributed by atoms with Crippen LogP contribution in [0.15, 0.2) is 42.7 Å².